The summed E-state index contributed by atoms with van der Waals surface area (Å²) in [4.78, 5) is 28.3. The number of hydrogen-bond donors (Lipinski definition) is 1. The monoisotopic (exact) mass is 402 g/mol. The number of rotatable bonds is 4. The van der Waals surface area contributed by atoms with Gasteiger partial charge in [-0.05, 0) is 24.3 Å². The Hall–Kier alpha value is -1.58. The second-order valence-corrected chi connectivity index (χ2v) is 9.63. The number of halogens is 1. The number of anilines is 1. The maximum Gasteiger partial charge on any atom is 0.303 e. The summed E-state index contributed by atoms with van der Waals surface area (Å²) in [5, 5.41) is 9.42. The molecule has 0 bridgehead atoms. The van der Waals surface area contributed by atoms with Crippen LogP contribution in [0.1, 0.15) is 12.8 Å². The number of thioether (sulfide) groups is 1. The molecule has 134 valence electrons. The smallest absolute Gasteiger partial charge is 0.303 e. The molecule has 1 amide bonds. The molecule has 0 unspecified atom stereocenters. The maximum absolute atomic E-state index is 12.0. The van der Waals surface area contributed by atoms with Crippen molar-refractivity contribution in [2.45, 2.75) is 24.1 Å². The fourth-order valence-electron chi connectivity index (χ4n) is 2.84. The van der Waals surface area contributed by atoms with Crippen molar-refractivity contribution < 1.29 is 23.1 Å². The van der Waals surface area contributed by atoms with Crippen molar-refractivity contribution in [3.05, 3.63) is 29.3 Å². The minimum Gasteiger partial charge on any atom is -0.481 e. The predicted molar refractivity (Wildman–Crippen MR) is 97.1 cm³/mol. The van der Waals surface area contributed by atoms with Gasteiger partial charge in [0.15, 0.2) is 15.0 Å². The van der Waals surface area contributed by atoms with Gasteiger partial charge in [0.1, 0.15) is 0 Å². The molecular weight excluding hydrogens is 388 g/mol. The number of carboxylic acid groups (broad SMARTS) is 1. The summed E-state index contributed by atoms with van der Waals surface area (Å²) in [6.07, 6.45) is -0.482. The number of carbonyl (C=O) groups is 2. The molecule has 2 fully saturated rings. The number of hydrogen-bond acceptors (Lipinski definition) is 5. The number of sulfone groups is 1. The molecule has 2 saturated heterocycles. The minimum absolute atomic E-state index is 0.00434. The fraction of sp³-hybridized carbons (Fsp3) is 0.400. The Kier molecular flexibility index (Phi) is 5.08. The van der Waals surface area contributed by atoms with E-state index in [1.54, 1.807) is 29.2 Å². The molecule has 2 heterocycles. The van der Waals surface area contributed by atoms with Gasteiger partial charge in [-0.2, -0.15) is 4.99 Å². The summed E-state index contributed by atoms with van der Waals surface area (Å²) in [5.41, 5.74) is 0.700. The zero-order valence-electron chi connectivity index (χ0n) is 13.0. The van der Waals surface area contributed by atoms with Gasteiger partial charge < -0.3 is 10.0 Å². The van der Waals surface area contributed by atoms with E-state index in [0.29, 0.717) is 15.9 Å². The molecule has 1 N–H and O–H groups in total. The van der Waals surface area contributed by atoms with Crippen molar-refractivity contribution in [1.29, 1.82) is 0 Å². The van der Waals surface area contributed by atoms with Crippen molar-refractivity contribution in [2.24, 2.45) is 4.99 Å². The van der Waals surface area contributed by atoms with E-state index in [-0.39, 0.29) is 35.6 Å². The number of amides is 1. The molecule has 7 nitrogen and oxygen atoms in total. The van der Waals surface area contributed by atoms with Gasteiger partial charge in [-0.25, -0.2) is 8.42 Å². The predicted octanol–water partition coefficient (Wildman–Crippen LogP) is 1.81. The largest absolute Gasteiger partial charge is 0.481 e. The highest BCUT2D eigenvalue weighted by atomic mass is 35.5. The average molecular weight is 403 g/mol. The highest BCUT2D eigenvalue weighted by Crippen LogP contribution is 2.41. The van der Waals surface area contributed by atoms with Crippen LogP contribution in [0.15, 0.2) is 29.3 Å². The standard InChI is InChI=1S/C15H15ClN2O5S2/c16-9-1-3-10(4-2-9)18-11-7-25(22,23)8-12(11)24-15(18)17-13(19)5-6-14(20)21/h1-4,11-12H,5-8H2,(H,20,21)/t11-,12+/m0/s1. The van der Waals surface area contributed by atoms with E-state index < -0.39 is 21.7 Å². The number of nitrogens with zero attached hydrogens (tertiary/aromatic N) is 2. The van der Waals surface area contributed by atoms with Gasteiger partial charge in [-0.15, -0.1) is 0 Å². The number of carboxylic acids is 1. The van der Waals surface area contributed by atoms with E-state index in [4.69, 9.17) is 16.7 Å². The van der Waals surface area contributed by atoms with Crippen LogP contribution in [-0.2, 0) is 19.4 Å². The van der Waals surface area contributed by atoms with Crippen molar-refractivity contribution >= 4 is 55.9 Å². The SMILES string of the molecule is O=C(O)CCC(=O)N=C1S[C@@H]2CS(=O)(=O)C[C@@H]2N1c1ccc(Cl)cc1. The molecule has 0 radical (unpaired) electrons. The summed E-state index contributed by atoms with van der Waals surface area (Å²) in [6, 6.07) is 6.55. The molecule has 0 aliphatic carbocycles. The summed E-state index contributed by atoms with van der Waals surface area (Å²) in [7, 11) is -3.13. The quantitative estimate of drug-likeness (QED) is 0.818. The van der Waals surface area contributed by atoms with Crippen LogP contribution in [0.2, 0.25) is 5.02 Å². The Balaban J connectivity index is 1.90. The molecule has 1 aromatic rings. The molecule has 0 saturated carbocycles. The lowest BCUT2D eigenvalue weighted by Gasteiger charge is -2.24. The molecule has 2 atom stereocenters. The Morgan fingerprint density at radius 3 is 2.56 bits per heavy atom. The third kappa shape index (κ3) is 4.16. The number of amidine groups is 1. The van der Waals surface area contributed by atoms with Crippen molar-refractivity contribution in [3.63, 3.8) is 0 Å². The first-order valence-corrected chi connectivity index (χ1v) is 10.6. The van der Waals surface area contributed by atoms with Crippen LogP contribution in [0.5, 0.6) is 0 Å². The second kappa shape index (κ2) is 6.97. The summed E-state index contributed by atoms with van der Waals surface area (Å²) in [5.74, 6) is -1.57. The second-order valence-electron chi connectivity index (χ2n) is 5.83. The van der Waals surface area contributed by atoms with E-state index in [9.17, 15) is 18.0 Å². The molecule has 2 aliphatic rings. The number of benzene rings is 1. The Morgan fingerprint density at radius 1 is 1.24 bits per heavy atom. The van der Waals surface area contributed by atoms with Gasteiger partial charge in [-0.1, -0.05) is 23.4 Å². The van der Waals surface area contributed by atoms with E-state index in [2.05, 4.69) is 4.99 Å². The number of aliphatic imine (C=N–C) groups is 1. The highest BCUT2D eigenvalue weighted by Gasteiger charge is 2.49. The lowest BCUT2D eigenvalue weighted by molar-refractivity contribution is -0.138. The lowest BCUT2D eigenvalue weighted by Crippen LogP contribution is -2.37. The third-order valence-electron chi connectivity index (χ3n) is 3.94. The number of carbonyl (C=O) groups excluding carboxylic acids is 1. The number of fused-ring (bicyclic) bond motifs is 1. The van der Waals surface area contributed by atoms with E-state index in [0.717, 1.165) is 0 Å². The van der Waals surface area contributed by atoms with Crippen LogP contribution in [0.4, 0.5) is 5.69 Å². The van der Waals surface area contributed by atoms with Crippen LogP contribution in [-0.4, -0.2) is 53.4 Å². The first-order chi connectivity index (χ1) is 11.7. The zero-order chi connectivity index (χ0) is 18.2. The van der Waals surface area contributed by atoms with Crippen LogP contribution in [0.3, 0.4) is 0 Å². The Labute approximate surface area is 154 Å². The first kappa shape index (κ1) is 18.2. The van der Waals surface area contributed by atoms with E-state index >= 15 is 0 Å². The normalized spacial score (nSPS) is 26.0. The molecule has 2 aliphatic heterocycles. The van der Waals surface area contributed by atoms with Crippen LogP contribution >= 0.6 is 23.4 Å². The fourth-order valence-corrected chi connectivity index (χ4v) is 6.90. The molecule has 10 heteroatoms. The molecule has 0 aromatic heterocycles. The van der Waals surface area contributed by atoms with E-state index in [1.165, 1.54) is 11.8 Å². The van der Waals surface area contributed by atoms with Gasteiger partial charge in [0, 0.05) is 22.4 Å². The van der Waals surface area contributed by atoms with Gasteiger partial charge >= 0.3 is 5.97 Å². The van der Waals surface area contributed by atoms with Crippen LogP contribution < -0.4 is 4.90 Å². The Bertz CT molecular complexity index is 838. The number of aliphatic carboxylic acids is 1. The third-order valence-corrected chi connectivity index (χ3v) is 7.41. The molecule has 1 aromatic carbocycles. The molecular formula is C15H15ClN2O5S2. The summed E-state index contributed by atoms with van der Waals surface area (Å²) >= 11 is 7.16. The van der Waals surface area contributed by atoms with Gasteiger partial charge in [0.25, 0.3) is 0 Å². The summed E-state index contributed by atoms with van der Waals surface area (Å²) < 4.78 is 23.9. The van der Waals surface area contributed by atoms with Gasteiger partial charge in [0.2, 0.25) is 5.91 Å². The molecule has 0 spiro atoms. The molecule has 25 heavy (non-hydrogen) atoms. The van der Waals surface area contributed by atoms with Crippen molar-refractivity contribution in [1.82, 2.24) is 0 Å². The van der Waals surface area contributed by atoms with Crippen LogP contribution in [0, 0.1) is 0 Å². The van der Waals surface area contributed by atoms with Gasteiger partial charge in [-0.3, -0.25) is 9.59 Å². The average Bonchev–Trinajstić information content (AvgIpc) is 2.97. The maximum atomic E-state index is 12.0. The van der Waals surface area contributed by atoms with Gasteiger partial charge in [0.05, 0.1) is 24.0 Å². The zero-order valence-corrected chi connectivity index (χ0v) is 15.4. The van der Waals surface area contributed by atoms with Crippen LogP contribution in [0.25, 0.3) is 0 Å². The highest BCUT2D eigenvalue weighted by molar-refractivity contribution is 8.16. The summed E-state index contributed by atoms with van der Waals surface area (Å²) in [6.45, 7) is 0. The van der Waals surface area contributed by atoms with Crippen molar-refractivity contribution in [2.75, 3.05) is 16.4 Å². The lowest BCUT2D eigenvalue weighted by atomic mass is 10.2. The molecule has 3 rings (SSSR count). The first-order valence-electron chi connectivity index (χ1n) is 7.50. The topological polar surface area (TPSA) is 104 Å². The Morgan fingerprint density at radius 2 is 1.92 bits per heavy atom. The van der Waals surface area contributed by atoms with E-state index in [1.807, 2.05) is 0 Å². The minimum atomic E-state index is -3.13. The van der Waals surface area contributed by atoms with Crippen molar-refractivity contribution in [3.8, 4) is 0 Å².